The Hall–Kier alpha value is -2.67. The van der Waals surface area contributed by atoms with Crippen LogP contribution in [0.2, 0.25) is 0 Å². The van der Waals surface area contributed by atoms with Gasteiger partial charge in [0.1, 0.15) is 11.6 Å². The number of nitrogens with zero attached hydrogens (tertiary/aromatic N) is 2. The lowest BCUT2D eigenvalue weighted by Gasteiger charge is -2.29. The van der Waals surface area contributed by atoms with Gasteiger partial charge in [-0.1, -0.05) is 18.2 Å². The van der Waals surface area contributed by atoms with Crippen molar-refractivity contribution in [3.63, 3.8) is 0 Å². The largest absolute Gasteiger partial charge is 0.378 e. The summed E-state index contributed by atoms with van der Waals surface area (Å²) in [6, 6.07) is 10.3. The standard InChI is InChI=1S/C21H26F2N4O/c1-15-11-16(3-5-18(15)22)13-25-21(24-2)26-14-17-4-6-20(19(23)12-17)27-7-9-28-10-8-27/h3-6,11-12H,7-10,13-14H2,1-2H3,(H2,24,25,26). The van der Waals surface area contributed by atoms with Gasteiger partial charge in [-0.2, -0.15) is 0 Å². The first-order chi connectivity index (χ1) is 13.6. The lowest BCUT2D eigenvalue weighted by Crippen LogP contribution is -2.37. The fraction of sp³-hybridized carbons (Fsp3) is 0.381. The van der Waals surface area contributed by atoms with Gasteiger partial charge in [-0.3, -0.25) is 4.99 Å². The Labute approximate surface area is 164 Å². The molecule has 0 unspecified atom stereocenters. The number of benzene rings is 2. The molecular weight excluding hydrogens is 362 g/mol. The molecule has 0 radical (unpaired) electrons. The zero-order valence-corrected chi connectivity index (χ0v) is 16.3. The van der Waals surface area contributed by atoms with Crippen LogP contribution >= 0.6 is 0 Å². The van der Waals surface area contributed by atoms with Gasteiger partial charge in [-0.15, -0.1) is 0 Å². The minimum absolute atomic E-state index is 0.214. The van der Waals surface area contributed by atoms with E-state index in [1.54, 1.807) is 32.2 Å². The lowest BCUT2D eigenvalue weighted by molar-refractivity contribution is 0.122. The number of aryl methyl sites for hydroxylation is 1. The molecule has 150 valence electrons. The van der Waals surface area contributed by atoms with E-state index in [4.69, 9.17) is 4.74 Å². The highest BCUT2D eigenvalue weighted by Crippen LogP contribution is 2.21. The van der Waals surface area contributed by atoms with E-state index in [1.165, 1.54) is 6.07 Å². The average molecular weight is 388 g/mol. The zero-order chi connectivity index (χ0) is 19.9. The molecule has 0 amide bonds. The molecule has 0 aliphatic carbocycles. The van der Waals surface area contributed by atoms with Gasteiger partial charge in [0.25, 0.3) is 0 Å². The molecular formula is C21H26F2N4O. The molecule has 28 heavy (non-hydrogen) atoms. The smallest absolute Gasteiger partial charge is 0.191 e. The van der Waals surface area contributed by atoms with E-state index in [2.05, 4.69) is 15.6 Å². The summed E-state index contributed by atoms with van der Waals surface area (Å²) in [6.07, 6.45) is 0. The summed E-state index contributed by atoms with van der Waals surface area (Å²) in [7, 11) is 1.67. The molecule has 1 fully saturated rings. The van der Waals surface area contributed by atoms with Gasteiger partial charge in [0.2, 0.25) is 0 Å². The van der Waals surface area contributed by atoms with Crippen LogP contribution < -0.4 is 15.5 Å². The molecule has 2 aromatic rings. The van der Waals surface area contributed by atoms with Crippen molar-refractivity contribution in [2.24, 2.45) is 4.99 Å². The van der Waals surface area contributed by atoms with Crippen molar-refractivity contribution in [1.82, 2.24) is 10.6 Å². The van der Waals surface area contributed by atoms with Gasteiger partial charge in [-0.05, 0) is 41.8 Å². The Morgan fingerprint density at radius 1 is 1.00 bits per heavy atom. The summed E-state index contributed by atoms with van der Waals surface area (Å²) in [5.74, 6) is 0.152. The number of morpholine rings is 1. The molecule has 1 saturated heterocycles. The maximum absolute atomic E-state index is 14.5. The first-order valence-electron chi connectivity index (χ1n) is 9.37. The minimum Gasteiger partial charge on any atom is -0.378 e. The normalized spacial score (nSPS) is 14.9. The van der Waals surface area contributed by atoms with Crippen LogP contribution in [0.5, 0.6) is 0 Å². The SMILES string of the molecule is CN=C(NCc1ccc(F)c(C)c1)NCc1ccc(N2CCOCC2)c(F)c1. The van der Waals surface area contributed by atoms with E-state index >= 15 is 0 Å². The van der Waals surface area contributed by atoms with E-state index in [9.17, 15) is 8.78 Å². The van der Waals surface area contributed by atoms with Crippen molar-refractivity contribution in [3.8, 4) is 0 Å². The fourth-order valence-electron chi connectivity index (χ4n) is 3.13. The van der Waals surface area contributed by atoms with E-state index < -0.39 is 0 Å². The van der Waals surface area contributed by atoms with E-state index in [-0.39, 0.29) is 11.6 Å². The number of aliphatic imine (C=N–C) groups is 1. The summed E-state index contributed by atoms with van der Waals surface area (Å²) < 4.78 is 33.2. The van der Waals surface area contributed by atoms with Crippen LogP contribution in [0.1, 0.15) is 16.7 Å². The second-order valence-electron chi connectivity index (χ2n) is 6.75. The Balaban J connectivity index is 1.54. The van der Waals surface area contributed by atoms with E-state index in [1.807, 2.05) is 17.0 Å². The van der Waals surface area contributed by atoms with Gasteiger partial charge in [0, 0.05) is 33.2 Å². The average Bonchev–Trinajstić information content (AvgIpc) is 2.71. The van der Waals surface area contributed by atoms with Gasteiger partial charge < -0.3 is 20.3 Å². The second kappa shape index (κ2) is 9.50. The molecule has 0 spiro atoms. The Morgan fingerprint density at radius 3 is 2.25 bits per heavy atom. The number of hydrogen-bond acceptors (Lipinski definition) is 3. The third-order valence-electron chi connectivity index (χ3n) is 4.73. The van der Waals surface area contributed by atoms with Crippen LogP contribution in [0, 0.1) is 18.6 Å². The first kappa shape index (κ1) is 20.1. The second-order valence-corrected chi connectivity index (χ2v) is 6.75. The lowest BCUT2D eigenvalue weighted by atomic mass is 10.1. The summed E-state index contributed by atoms with van der Waals surface area (Å²) >= 11 is 0. The molecule has 3 rings (SSSR count). The number of anilines is 1. The van der Waals surface area contributed by atoms with Gasteiger partial charge >= 0.3 is 0 Å². The summed E-state index contributed by atoms with van der Waals surface area (Å²) in [4.78, 5) is 6.18. The topological polar surface area (TPSA) is 48.9 Å². The number of rotatable bonds is 5. The monoisotopic (exact) mass is 388 g/mol. The number of nitrogens with one attached hydrogen (secondary N) is 2. The molecule has 7 heteroatoms. The number of hydrogen-bond donors (Lipinski definition) is 2. The summed E-state index contributed by atoms with van der Waals surface area (Å²) in [5, 5.41) is 6.35. The van der Waals surface area contributed by atoms with Crippen molar-refractivity contribution < 1.29 is 13.5 Å². The highest BCUT2D eigenvalue weighted by atomic mass is 19.1. The molecule has 0 atom stereocenters. The van der Waals surface area contributed by atoms with Crippen molar-refractivity contribution in [3.05, 3.63) is 64.7 Å². The van der Waals surface area contributed by atoms with Crippen molar-refractivity contribution in [1.29, 1.82) is 0 Å². The van der Waals surface area contributed by atoms with Gasteiger partial charge in [0.15, 0.2) is 5.96 Å². The quantitative estimate of drug-likeness (QED) is 0.611. The Bertz CT molecular complexity index is 835. The van der Waals surface area contributed by atoms with Gasteiger partial charge in [-0.25, -0.2) is 8.78 Å². The van der Waals surface area contributed by atoms with Crippen LogP contribution in [-0.2, 0) is 17.8 Å². The van der Waals surface area contributed by atoms with Gasteiger partial charge in [0.05, 0.1) is 18.9 Å². The molecule has 1 aliphatic rings. The van der Waals surface area contributed by atoms with Crippen LogP contribution in [-0.4, -0.2) is 39.3 Å². The molecule has 1 heterocycles. The molecule has 1 aliphatic heterocycles. The Kier molecular flexibility index (Phi) is 6.81. The minimum atomic E-state index is -0.231. The van der Waals surface area contributed by atoms with Crippen LogP contribution in [0.25, 0.3) is 0 Å². The maximum atomic E-state index is 14.5. The molecule has 0 aromatic heterocycles. The van der Waals surface area contributed by atoms with Crippen molar-refractivity contribution in [2.45, 2.75) is 20.0 Å². The predicted molar refractivity (Wildman–Crippen MR) is 108 cm³/mol. The summed E-state index contributed by atoms with van der Waals surface area (Å²) in [6.45, 7) is 5.35. The number of ether oxygens (including phenoxy) is 1. The molecule has 2 aromatic carbocycles. The number of halogens is 2. The number of guanidine groups is 1. The first-order valence-corrected chi connectivity index (χ1v) is 9.37. The highest BCUT2D eigenvalue weighted by Gasteiger charge is 2.15. The predicted octanol–water partition coefficient (Wildman–Crippen LogP) is 2.98. The molecule has 0 bridgehead atoms. The van der Waals surface area contributed by atoms with Crippen LogP contribution in [0.15, 0.2) is 41.4 Å². The highest BCUT2D eigenvalue weighted by molar-refractivity contribution is 5.79. The third kappa shape index (κ3) is 5.19. The molecule has 5 nitrogen and oxygen atoms in total. The van der Waals surface area contributed by atoms with Crippen molar-refractivity contribution >= 4 is 11.6 Å². The van der Waals surface area contributed by atoms with Crippen LogP contribution in [0.3, 0.4) is 0 Å². The zero-order valence-electron chi connectivity index (χ0n) is 16.3. The molecule has 0 saturated carbocycles. The Morgan fingerprint density at radius 2 is 1.64 bits per heavy atom. The molecule has 2 N–H and O–H groups in total. The van der Waals surface area contributed by atoms with Crippen molar-refractivity contribution in [2.75, 3.05) is 38.3 Å². The summed E-state index contributed by atoms with van der Waals surface area (Å²) in [5.41, 5.74) is 3.01. The fourth-order valence-corrected chi connectivity index (χ4v) is 3.13. The van der Waals surface area contributed by atoms with E-state index in [0.29, 0.717) is 56.6 Å². The third-order valence-corrected chi connectivity index (χ3v) is 4.73. The van der Waals surface area contributed by atoms with Crippen LogP contribution in [0.4, 0.5) is 14.5 Å². The van der Waals surface area contributed by atoms with E-state index in [0.717, 1.165) is 11.1 Å². The maximum Gasteiger partial charge on any atom is 0.191 e.